The van der Waals surface area contributed by atoms with Gasteiger partial charge in [-0.25, -0.2) is 0 Å². The summed E-state index contributed by atoms with van der Waals surface area (Å²) in [4.78, 5) is 22.3. The lowest BCUT2D eigenvalue weighted by molar-refractivity contribution is -0.118. The first-order chi connectivity index (χ1) is 8.09. The van der Waals surface area contributed by atoms with Gasteiger partial charge in [0, 0.05) is 35.6 Å². The maximum Gasteiger partial charge on any atom is 0.219 e. The van der Waals surface area contributed by atoms with E-state index in [9.17, 15) is 9.59 Å². The predicted molar refractivity (Wildman–Crippen MR) is 65.8 cm³/mol. The van der Waals surface area contributed by atoms with Gasteiger partial charge in [0.15, 0.2) is 5.78 Å². The fourth-order valence-electron chi connectivity index (χ4n) is 1.94. The Kier molecular flexibility index (Phi) is 2.95. The van der Waals surface area contributed by atoms with Crippen LogP contribution in [0.15, 0.2) is 30.5 Å². The van der Waals surface area contributed by atoms with Gasteiger partial charge in [-0.3, -0.25) is 9.59 Å². The number of benzene rings is 1. The number of hydrogen-bond donors (Lipinski definition) is 1. The summed E-state index contributed by atoms with van der Waals surface area (Å²) in [5.74, 6) is -0.314. The Bertz CT molecular complexity index is 584. The van der Waals surface area contributed by atoms with Crippen LogP contribution in [0.2, 0.25) is 0 Å². The molecule has 1 heterocycles. The second kappa shape index (κ2) is 4.41. The van der Waals surface area contributed by atoms with Crippen molar-refractivity contribution in [3.63, 3.8) is 0 Å². The normalized spacial score (nSPS) is 10.6. The number of ketones is 1. The van der Waals surface area contributed by atoms with Crippen molar-refractivity contribution in [2.24, 2.45) is 5.73 Å². The number of aromatic nitrogens is 1. The van der Waals surface area contributed by atoms with Gasteiger partial charge in [-0.05, 0) is 13.0 Å². The van der Waals surface area contributed by atoms with Crippen LogP contribution in [0.4, 0.5) is 0 Å². The Morgan fingerprint density at radius 3 is 2.65 bits per heavy atom. The Morgan fingerprint density at radius 1 is 1.29 bits per heavy atom. The summed E-state index contributed by atoms with van der Waals surface area (Å²) in [6.45, 7) is 2.04. The van der Waals surface area contributed by atoms with Crippen LogP contribution in [0.3, 0.4) is 0 Å². The Balaban J connectivity index is 2.49. The zero-order valence-electron chi connectivity index (χ0n) is 9.64. The third kappa shape index (κ3) is 2.20. The van der Waals surface area contributed by atoms with E-state index in [-0.39, 0.29) is 18.1 Å². The zero-order chi connectivity index (χ0) is 12.4. The molecule has 0 aliphatic rings. The molecule has 2 aromatic rings. The number of nitrogens with zero attached hydrogens (tertiary/aromatic N) is 1. The molecular weight excluding hydrogens is 216 g/mol. The fraction of sp³-hybridized carbons (Fsp3) is 0.231. The molecule has 0 fully saturated rings. The Labute approximate surface area is 99.0 Å². The average Bonchev–Trinajstić information content (AvgIpc) is 2.65. The van der Waals surface area contributed by atoms with E-state index in [1.165, 1.54) is 0 Å². The second-order valence-corrected chi connectivity index (χ2v) is 4.03. The summed E-state index contributed by atoms with van der Waals surface area (Å²) in [5, 5.41) is 0.921. The van der Waals surface area contributed by atoms with Crippen molar-refractivity contribution >= 4 is 22.6 Å². The van der Waals surface area contributed by atoms with E-state index in [1.54, 1.807) is 13.1 Å². The van der Waals surface area contributed by atoms with Gasteiger partial charge in [0.1, 0.15) is 0 Å². The zero-order valence-corrected chi connectivity index (χ0v) is 9.64. The molecule has 4 nitrogen and oxygen atoms in total. The number of para-hydroxylation sites is 1. The van der Waals surface area contributed by atoms with Crippen molar-refractivity contribution < 1.29 is 9.59 Å². The lowest BCUT2D eigenvalue weighted by atomic mass is 10.1. The van der Waals surface area contributed by atoms with Gasteiger partial charge in [0.2, 0.25) is 5.91 Å². The minimum Gasteiger partial charge on any atom is -0.370 e. The maximum absolute atomic E-state index is 11.5. The highest BCUT2D eigenvalue weighted by Gasteiger charge is 2.11. The second-order valence-electron chi connectivity index (χ2n) is 4.03. The molecule has 0 aliphatic carbocycles. The van der Waals surface area contributed by atoms with E-state index in [0.29, 0.717) is 12.1 Å². The van der Waals surface area contributed by atoms with Crippen LogP contribution >= 0.6 is 0 Å². The average molecular weight is 230 g/mol. The van der Waals surface area contributed by atoms with Crippen molar-refractivity contribution in [3.05, 3.63) is 36.0 Å². The van der Waals surface area contributed by atoms with Crippen LogP contribution in [0.1, 0.15) is 23.7 Å². The summed E-state index contributed by atoms with van der Waals surface area (Å²) < 4.78 is 1.90. The molecule has 4 heteroatoms. The van der Waals surface area contributed by atoms with Crippen LogP contribution in [-0.2, 0) is 11.3 Å². The van der Waals surface area contributed by atoms with Gasteiger partial charge >= 0.3 is 0 Å². The molecule has 0 unspecified atom stereocenters. The van der Waals surface area contributed by atoms with Gasteiger partial charge in [0.25, 0.3) is 0 Å². The highest BCUT2D eigenvalue weighted by molar-refractivity contribution is 6.06. The summed E-state index contributed by atoms with van der Waals surface area (Å²) in [5.41, 5.74) is 6.77. The molecule has 0 saturated carbocycles. The molecule has 0 radical (unpaired) electrons. The monoisotopic (exact) mass is 230 g/mol. The first-order valence-electron chi connectivity index (χ1n) is 5.46. The molecule has 0 atom stereocenters. The van der Waals surface area contributed by atoms with Gasteiger partial charge in [-0.2, -0.15) is 0 Å². The molecule has 88 valence electrons. The smallest absolute Gasteiger partial charge is 0.219 e. The van der Waals surface area contributed by atoms with Crippen LogP contribution in [0, 0.1) is 0 Å². The SMILES string of the molecule is CC(=O)c1cn(CCC(N)=O)c2ccccc12. The third-order valence-corrected chi connectivity index (χ3v) is 2.77. The molecule has 17 heavy (non-hydrogen) atoms. The van der Waals surface area contributed by atoms with E-state index in [1.807, 2.05) is 28.8 Å². The number of primary amides is 1. The van der Waals surface area contributed by atoms with Crippen LogP contribution in [0.25, 0.3) is 10.9 Å². The largest absolute Gasteiger partial charge is 0.370 e. The van der Waals surface area contributed by atoms with Crippen molar-refractivity contribution in [2.75, 3.05) is 0 Å². The van der Waals surface area contributed by atoms with E-state index in [0.717, 1.165) is 10.9 Å². The number of hydrogen-bond acceptors (Lipinski definition) is 2. The summed E-state index contributed by atoms with van der Waals surface area (Å²) >= 11 is 0. The van der Waals surface area contributed by atoms with Gasteiger partial charge in [-0.1, -0.05) is 18.2 Å². The van der Waals surface area contributed by atoms with Crippen LogP contribution in [-0.4, -0.2) is 16.3 Å². The van der Waals surface area contributed by atoms with E-state index >= 15 is 0 Å². The standard InChI is InChI=1S/C13H14N2O2/c1-9(16)11-8-15(7-6-13(14)17)12-5-3-2-4-10(11)12/h2-5,8H,6-7H2,1H3,(H2,14,17). The third-order valence-electron chi connectivity index (χ3n) is 2.77. The lowest BCUT2D eigenvalue weighted by Gasteiger charge is -2.02. The lowest BCUT2D eigenvalue weighted by Crippen LogP contribution is -2.13. The Morgan fingerprint density at radius 2 is 2.00 bits per heavy atom. The van der Waals surface area contributed by atoms with Crippen molar-refractivity contribution in [1.82, 2.24) is 4.57 Å². The minimum absolute atomic E-state index is 0.0269. The number of carbonyl (C=O) groups excluding carboxylic acids is 2. The number of rotatable bonds is 4. The summed E-state index contributed by atoms with van der Waals surface area (Å²) in [6.07, 6.45) is 2.06. The number of carbonyl (C=O) groups is 2. The molecule has 1 amide bonds. The molecular formula is C13H14N2O2. The van der Waals surface area contributed by atoms with Crippen LogP contribution in [0.5, 0.6) is 0 Å². The highest BCUT2D eigenvalue weighted by Crippen LogP contribution is 2.21. The first-order valence-corrected chi connectivity index (χ1v) is 5.46. The van der Waals surface area contributed by atoms with Gasteiger partial charge in [0.05, 0.1) is 0 Å². The fourth-order valence-corrected chi connectivity index (χ4v) is 1.94. The van der Waals surface area contributed by atoms with Crippen molar-refractivity contribution in [1.29, 1.82) is 0 Å². The quantitative estimate of drug-likeness (QED) is 0.813. The number of fused-ring (bicyclic) bond motifs is 1. The summed E-state index contributed by atoms with van der Waals surface area (Å²) in [7, 11) is 0. The topological polar surface area (TPSA) is 65.1 Å². The molecule has 1 aromatic heterocycles. The molecule has 0 saturated heterocycles. The number of aryl methyl sites for hydroxylation is 1. The number of Topliss-reactive ketones (excluding diaryl/α,β-unsaturated/α-hetero) is 1. The van der Waals surface area contributed by atoms with Gasteiger partial charge in [-0.15, -0.1) is 0 Å². The number of amides is 1. The van der Waals surface area contributed by atoms with E-state index in [2.05, 4.69) is 0 Å². The van der Waals surface area contributed by atoms with E-state index < -0.39 is 0 Å². The minimum atomic E-state index is -0.341. The highest BCUT2D eigenvalue weighted by atomic mass is 16.1. The molecule has 0 bridgehead atoms. The van der Waals surface area contributed by atoms with Crippen molar-refractivity contribution in [3.8, 4) is 0 Å². The van der Waals surface area contributed by atoms with Crippen molar-refractivity contribution in [2.45, 2.75) is 19.9 Å². The molecule has 0 aliphatic heterocycles. The molecule has 2 N–H and O–H groups in total. The van der Waals surface area contributed by atoms with Crippen LogP contribution < -0.4 is 5.73 Å². The number of nitrogens with two attached hydrogens (primary N) is 1. The molecule has 1 aromatic carbocycles. The van der Waals surface area contributed by atoms with Gasteiger partial charge < -0.3 is 10.3 Å². The molecule has 2 rings (SSSR count). The van der Waals surface area contributed by atoms with E-state index in [4.69, 9.17) is 5.73 Å². The molecule has 0 spiro atoms. The Hall–Kier alpha value is -2.10. The maximum atomic E-state index is 11.5. The summed E-state index contributed by atoms with van der Waals surface area (Å²) in [6, 6.07) is 7.65. The predicted octanol–water partition coefficient (Wildman–Crippen LogP) is 1.72. The first kappa shape index (κ1) is 11.4.